The molecule has 33 heavy (non-hydrogen) atoms. The number of rotatable bonds is 8. The third-order valence-corrected chi connectivity index (χ3v) is 6.91. The van der Waals surface area contributed by atoms with Crippen molar-refractivity contribution in [3.05, 3.63) is 46.8 Å². The molecule has 1 amide bonds. The second-order valence-electron chi connectivity index (χ2n) is 8.44. The molecule has 1 atom stereocenters. The Balaban J connectivity index is 1.49. The zero-order valence-corrected chi connectivity index (χ0v) is 20.6. The highest BCUT2D eigenvalue weighted by molar-refractivity contribution is 7.98. The lowest BCUT2D eigenvalue weighted by Crippen LogP contribution is -2.41. The van der Waals surface area contributed by atoms with Crippen molar-refractivity contribution in [1.82, 2.24) is 29.8 Å². The van der Waals surface area contributed by atoms with Gasteiger partial charge in [-0.05, 0) is 63.7 Å². The number of thioether (sulfide) groups is 1. The number of hydrogen-bond acceptors (Lipinski definition) is 7. The summed E-state index contributed by atoms with van der Waals surface area (Å²) in [4.78, 5) is 24.5. The molecule has 0 radical (unpaired) electrons. The smallest absolute Gasteiger partial charge is 0.253 e. The van der Waals surface area contributed by atoms with Gasteiger partial charge in [0.1, 0.15) is 5.75 Å². The lowest BCUT2D eigenvalue weighted by molar-refractivity contribution is -0.120. The van der Waals surface area contributed by atoms with Gasteiger partial charge in [0.05, 0.1) is 19.6 Å². The Bertz CT molecular complexity index is 1110. The SMILES string of the molecule is COc1ccc([C@@H](CNC(=O)Cc2c(C)nc3nc(SC)nn3c2C)N2CCCCC2)cc1. The highest BCUT2D eigenvalue weighted by atomic mass is 32.2. The summed E-state index contributed by atoms with van der Waals surface area (Å²) in [7, 11) is 1.68. The quantitative estimate of drug-likeness (QED) is 0.508. The van der Waals surface area contributed by atoms with E-state index in [4.69, 9.17) is 4.74 Å². The van der Waals surface area contributed by atoms with E-state index in [-0.39, 0.29) is 18.4 Å². The molecule has 0 bridgehead atoms. The topological polar surface area (TPSA) is 84.6 Å². The van der Waals surface area contributed by atoms with Gasteiger partial charge in [-0.2, -0.15) is 4.98 Å². The van der Waals surface area contributed by atoms with Crippen LogP contribution in [0.1, 0.15) is 47.8 Å². The fourth-order valence-electron chi connectivity index (χ4n) is 4.48. The maximum atomic E-state index is 13.0. The minimum Gasteiger partial charge on any atom is -0.497 e. The van der Waals surface area contributed by atoms with E-state index in [0.717, 1.165) is 35.8 Å². The Kier molecular flexibility index (Phi) is 7.49. The van der Waals surface area contributed by atoms with E-state index in [1.807, 2.05) is 32.2 Å². The summed E-state index contributed by atoms with van der Waals surface area (Å²) in [5, 5.41) is 8.35. The van der Waals surface area contributed by atoms with Crippen LogP contribution in [0.4, 0.5) is 0 Å². The zero-order valence-electron chi connectivity index (χ0n) is 19.8. The number of likely N-dealkylation sites (tertiary alicyclic amines) is 1. The lowest BCUT2D eigenvalue weighted by atomic mass is 10.0. The van der Waals surface area contributed by atoms with E-state index < -0.39 is 0 Å². The number of carbonyl (C=O) groups excluding carboxylic acids is 1. The molecule has 0 saturated carbocycles. The van der Waals surface area contributed by atoms with E-state index in [1.54, 1.807) is 11.6 Å². The predicted octanol–water partition coefficient (Wildman–Crippen LogP) is 3.36. The summed E-state index contributed by atoms with van der Waals surface area (Å²) >= 11 is 1.48. The van der Waals surface area contributed by atoms with Crippen molar-refractivity contribution in [2.75, 3.05) is 33.0 Å². The Morgan fingerprint density at radius 2 is 1.88 bits per heavy atom. The zero-order chi connectivity index (χ0) is 23.4. The van der Waals surface area contributed by atoms with E-state index in [0.29, 0.717) is 17.5 Å². The van der Waals surface area contributed by atoms with Crippen LogP contribution < -0.4 is 10.1 Å². The molecule has 0 aliphatic carbocycles. The van der Waals surface area contributed by atoms with Gasteiger partial charge in [-0.1, -0.05) is 30.3 Å². The van der Waals surface area contributed by atoms with Crippen molar-refractivity contribution in [1.29, 1.82) is 0 Å². The number of fused-ring (bicyclic) bond motifs is 1. The van der Waals surface area contributed by atoms with E-state index in [1.165, 1.54) is 36.6 Å². The molecule has 0 unspecified atom stereocenters. The van der Waals surface area contributed by atoms with Gasteiger partial charge in [-0.15, -0.1) is 5.10 Å². The molecule has 1 saturated heterocycles. The van der Waals surface area contributed by atoms with Gasteiger partial charge in [-0.3, -0.25) is 9.69 Å². The first-order chi connectivity index (χ1) is 16.0. The molecule has 8 nitrogen and oxygen atoms in total. The number of aryl methyl sites for hydroxylation is 2. The fourth-order valence-corrected chi connectivity index (χ4v) is 4.82. The Hall–Kier alpha value is -2.65. The van der Waals surface area contributed by atoms with Crippen LogP contribution in [0.3, 0.4) is 0 Å². The molecule has 0 spiro atoms. The number of benzene rings is 1. The van der Waals surface area contributed by atoms with Gasteiger partial charge in [0.2, 0.25) is 11.1 Å². The molecule has 3 aromatic rings. The van der Waals surface area contributed by atoms with Gasteiger partial charge < -0.3 is 10.1 Å². The van der Waals surface area contributed by atoms with Crippen LogP contribution in [0.15, 0.2) is 29.4 Å². The molecular formula is C24H32N6O2S. The molecule has 2 aromatic heterocycles. The van der Waals surface area contributed by atoms with Crippen molar-refractivity contribution in [3.8, 4) is 5.75 Å². The Labute approximate surface area is 199 Å². The molecule has 4 rings (SSSR count). The number of amides is 1. The monoisotopic (exact) mass is 468 g/mol. The van der Waals surface area contributed by atoms with Crippen LogP contribution >= 0.6 is 11.8 Å². The first-order valence-electron chi connectivity index (χ1n) is 11.4. The Morgan fingerprint density at radius 3 is 2.55 bits per heavy atom. The Morgan fingerprint density at radius 1 is 1.15 bits per heavy atom. The van der Waals surface area contributed by atoms with Crippen LogP contribution in [-0.4, -0.2) is 63.4 Å². The van der Waals surface area contributed by atoms with Crippen molar-refractivity contribution in [2.24, 2.45) is 0 Å². The number of ether oxygens (including phenoxy) is 1. The minimum atomic E-state index is -0.0110. The van der Waals surface area contributed by atoms with Gasteiger partial charge in [0, 0.05) is 23.5 Å². The number of piperidine rings is 1. The third-order valence-electron chi connectivity index (χ3n) is 6.37. The van der Waals surface area contributed by atoms with Crippen molar-refractivity contribution in [3.63, 3.8) is 0 Å². The van der Waals surface area contributed by atoms with Crippen molar-refractivity contribution in [2.45, 2.75) is 50.7 Å². The van der Waals surface area contributed by atoms with Gasteiger partial charge >= 0.3 is 0 Å². The van der Waals surface area contributed by atoms with Crippen LogP contribution in [0, 0.1) is 13.8 Å². The normalized spacial score (nSPS) is 15.5. The first-order valence-corrected chi connectivity index (χ1v) is 12.6. The molecule has 3 heterocycles. The van der Waals surface area contributed by atoms with Gasteiger partial charge in [0.25, 0.3) is 5.78 Å². The van der Waals surface area contributed by atoms with Gasteiger partial charge in [0.15, 0.2) is 0 Å². The molecule has 176 valence electrons. The number of carbonyl (C=O) groups is 1. The largest absolute Gasteiger partial charge is 0.497 e. The average molecular weight is 469 g/mol. The van der Waals surface area contributed by atoms with Crippen LogP contribution in [0.5, 0.6) is 5.75 Å². The molecule has 1 N–H and O–H groups in total. The average Bonchev–Trinajstić information content (AvgIpc) is 3.26. The number of nitrogens with one attached hydrogen (secondary N) is 1. The van der Waals surface area contributed by atoms with Gasteiger partial charge in [-0.25, -0.2) is 9.50 Å². The number of aromatic nitrogens is 4. The van der Waals surface area contributed by atoms with E-state index >= 15 is 0 Å². The molecular weight excluding hydrogens is 436 g/mol. The van der Waals surface area contributed by atoms with Crippen molar-refractivity contribution < 1.29 is 9.53 Å². The molecule has 1 aliphatic rings. The van der Waals surface area contributed by atoms with Crippen LogP contribution in [0.25, 0.3) is 5.78 Å². The first kappa shape index (κ1) is 23.5. The summed E-state index contributed by atoms with van der Waals surface area (Å²) in [6.45, 7) is 6.57. The molecule has 1 fully saturated rings. The summed E-state index contributed by atoms with van der Waals surface area (Å²) in [5.74, 6) is 1.40. The van der Waals surface area contributed by atoms with Crippen LogP contribution in [0.2, 0.25) is 0 Å². The molecule has 1 aliphatic heterocycles. The second-order valence-corrected chi connectivity index (χ2v) is 9.21. The maximum Gasteiger partial charge on any atom is 0.253 e. The predicted molar refractivity (Wildman–Crippen MR) is 130 cm³/mol. The summed E-state index contributed by atoms with van der Waals surface area (Å²) in [6.07, 6.45) is 5.87. The summed E-state index contributed by atoms with van der Waals surface area (Å²) in [5.41, 5.74) is 3.82. The number of hydrogen-bond donors (Lipinski definition) is 1. The molecule has 1 aromatic carbocycles. The fraction of sp³-hybridized carbons (Fsp3) is 0.500. The highest BCUT2D eigenvalue weighted by Gasteiger charge is 2.23. The van der Waals surface area contributed by atoms with Crippen LogP contribution in [-0.2, 0) is 11.2 Å². The minimum absolute atomic E-state index is 0.0110. The maximum absolute atomic E-state index is 13.0. The summed E-state index contributed by atoms with van der Waals surface area (Å²) < 4.78 is 7.05. The van der Waals surface area contributed by atoms with E-state index in [2.05, 4.69) is 37.4 Å². The lowest BCUT2D eigenvalue weighted by Gasteiger charge is -2.35. The molecule has 9 heteroatoms. The number of methoxy groups -OCH3 is 1. The standard InChI is InChI=1S/C24H32N6O2S/c1-16-20(17(2)30-23(26-16)27-24(28-30)33-4)14-22(31)25-15-21(29-12-6-5-7-13-29)18-8-10-19(32-3)11-9-18/h8-11,21H,5-7,12-15H2,1-4H3,(H,25,31)/t21-/m1/s1. The second kappa shape index (κ2) is 10.5. The number of nitrogens with zero attached hydrogens (tertiary/aromatic N) is 5. The highest BCUT2D eigenvalue weighted by Crippen LogP contribution is 2.26. The van der Waals surface area contributed by atoms with E-state index in [9.17, 15) is 4.79 Å². The summed E-state index contributed by atoms with van der Waals surface area (Å²) in [6, 6.07) is 8.32. The van der Waals surface area contributed by atoms with Crippen molar-refractivity contribution >= 4 is 23.4 Å². The third kappa shape index (κ3) is 5.30.